The van der Waals surface area contributed by atoms with E-state index in [9.17, 15) is 18.0 Å². The van der Waals surface area contributed by atoms with Crippen LogP contribution >= 0.6 is 0 Å². The summed E-state index contributed by atoms with van der Waals surface area (Å²) in [7, 11) is 1.58. The Morgan fingerprint density at radius 3 is 2.56 bits per heavy atom. The van der Waals surface area contributed by atoms with Gasteiger partial charge in [0.1, 0.15) is 23.6 Å². The fourth-order valence-electron chi connectivity index (χ4n) is 2.65. The summed E-state index contributed by atoms with van der Waals surface area (Å²) in [5, 5.41) is 3.57. The topological polar surface area (TPSA) is 59.8 Å². The molecule has 25 heavy (non-hydrogen) atoms. The SMILES string of the molecule is C[C@@H](Nc1ncnc2c1ccc(=O)n2C)c1cccc(C(F)F)c1F. The van der Waals surface area contributed by atoms with Crippen molar-refractivity contribution in [3.8, 4) is 0 Å². The minimum Gasteiger partial charge on any atom is -0.363 e. The molecule has 0 amide bonds. The summed E-state index contributed by atoms with van der Waals surface area (Å²) in [6.07, 6.45) is -1.61. The smallest absolute Gasteiger partial charge is 0.266 e. The summed E-state index contributed by atoms with van der Waals surface area (Å²) in [5.41, 5.74) is -0.338. The molecule has 2 aromatic heterocycles. The van der Waals surface area contributed by atoms with E-state index in [1.807, 2.05) is 0 Å². The Bertz CT molecular complexity index is 987. The predicted molar refractivity (Wildman–Crippen MR) is 88.2 cm³/mol. The van der Waals surface area contributed by atoms with E-state index in [-0.39, 0.29) is 11.1 Å². The van der Waals surface area contributed by atoms with Gasteiger partial charge in [-0.1, -0.05) is 18.2 Å². The number of rotatable bonds is 4. The zero-order valence-corrected chi connectivity index (χ0v) is 13.5. The third-order valence-corrected chi connectivity index (χ3v) is 4.02. The second-order valence-corrected chi connectivity index (χ2v) is 5.61. The third-order valence-electron chi connectivity index (χ3n) is 4.02. The summed E-state index contributed by atoms with van der Waals surface area (Å²) in [6.45, 7) is 1.64. The lowest BCUT2D eigenvalue weighted by molar-refractivity contribution is 0.146. The van der Waals surface area contributed by atoms with Crippen molar-refractivity contribution in [2.24, 2.45) is 7.05 Å². The van der Waals surface area contributed by atoms with Crippen LogP contribution in [0.5, 0.6) is 0 Å². The molecule has 1 aromatic carbocycles. The van der Waals surface area contributed by atoms with Crippen LogP contribution in [0.3, 0.4) is 0 Å². The van der Waals surface area contributed by atoms with Gasteiger partial charge in [0.05, 0.1) is 17.0 Å². The van der Waals surface area contributed by atoms with Crippen molar-refractivity contribution in [3.05, 3.63) is 64.0 Å². The second kappa shape index (κ2) is 6.54. The van der Waals surface area contributed by atoms with Gasteiger partial charge in [0.15, 0.2) is 0 Å². The largest absolute Gasteiger partial charge is 0.363 e. The van der Waals surface area contributed by atoms with Gasteiger partial charge in [-0.05, 0) is 13.0 Å². The first-order valence-electron chi connectivity index (χ1n) is 7.54. The van der Waals surface area contributed by atoms with E-state index in [4.69, 9.17) is 0 Å². The maximum Gasteiger partial charge on any atom is 0.266 e. The Kier molecular flexibility index (Phi) is 4.43. The Labute approximate surface area is 141 Å². The van der Waals surface area contributed by atoms with E-state index in [0.29, 0.717) is 16.9 Å². The molecule has 0 unspecified atom stereocenters. The van der Waals surface area contributed by atoms with Crippen LogP contribution in [0.4, 0.5) is 19.0 Å². The highest BCUT2D eigenvalue weighted by Crippen LogP contribution is 2.29. The normalized spacial score (nSPS) is 12.6. The minimum atomic E-state index is -2.89. The van der Waals surface area contributed by atoms with Crippen molar-refractivity contribution < 1.29 is 13.2 Å². The number of nitrogens with one attached hydrogen (secondary N) is 1. The van der Waals surface area contributed by atoms with Gasteiger partial charge in [-0.2, -0.15) is 0 Å². The van der Waals surface area contributed by atoms with Crippen molar-refractivity contribution in [2.45, 2.75) is 19.4 Å². The average Bonchev–Trinajstić information content (AvgIpc) is 2.58. The number of hydrogen-bond acceptors (Lipinski definition) is 4. The summed E-state index contributed by atoms with van der Waals surface area (Å²) in [5.74, 6) is -0.557. The van der Waals surface area contributed by atoms with E-state index < -0.39 is 23.8 Å². The first-order chi connectivity index (χ1) is 11.9. The molecule has 1 atom stereocenters. The first kappa shape index (κ1) is 16.9. The molecule has 0 aliphatic rings. The van der Waals surface area contributed by atoms with Crippen LogP contribution in [-0.4, -0.2) is 14.5 Å². The van der Waals surface area contributed by atoms with Gasteiger partial charge in [0, 0.05) is 18.7 Å². The summed E-state index contributed by atoms with van der Waals surface area (Å²) >= 11 is 0. The average molecular weight is 348 g/mol. The number of alkyl halides is 2. The molecule has 1 N–H and O–H groups in total. The Balaban J connectivity index is 2.01. The fraction of sp³-hybridized carbons (Fsp3) is 0.235. The molecule has 8 heteroatoms. The van der Waals surface area contributed by atoms with E-state index >= 15 is 0 Å². The first-order valence-corrected chi connectivity index (χ1v) is 7.54. The molecule has 0 saturated carbocycles. The molecule has 3 aromatic rings. The van der Waals surface area contributed by atoms with Crippen molar-refractivity contribution >= 4 is 16.9 Å². The van der Waals surface area contributed by atoms with Gasteiger partial charge in [0.25, 0.3) is 12.0 Å². The number of pyridine rings is 1. The van der Waals surface area contributed by atoms with Crippen molar-refractivity contribution in [1.82, 2.24) is 14.5 Å². The molecular formula is C17H15F3N4O. The van der Waals surface area contributed by atoms with Gasteiger partial charge in [-0.3, -0.25) is 9.36 Å². The fourth-order valence-corrected chi connectivity index (χ4v) is 2.65. The van der Waals surface area contributed by atoms with Crippen LogP contribution in [0.1, 0.15) is 30.5 Å². The van der Waals surface area contributed by atoms with E-state index in [1.165, 1.54) is 29.1 Å². The predicted octanol–water partition coefficient (Wildman–Crippen LogP) is 3.58. The number of aromatic nitrogens is 3. The van der Waals surface area contributed by atoms with Crippen LogP contribution < -0.4 is 10.9 Å². The van der Waals surface area contributed by atoms with Crippen LogP contribution in [0, 0.1) is 5.82 Å². The molecule has 0 saturated heterocycles. The number of anilines is 1. The monoisotopic (exact) mass is 348 g/mol. The molecule has 5 nitrogen and oxygen atoms in total. The van der Waals surface area contributed by atoms with Crippen molar-refractivity contribution in [1.29, 1.82) is 0 Å². The molecule has 0 radical (unpaired) electrons. The van der Waals surface area contributed by atoms with Crippen molar-refractivity contribution in [3.63, 3.8) is 0 Å². The second-order valence-electron chi connectivity index (χ2n) is 5.61. The van der Waals surface area contributed by atoms with Crippen LogP contribution in [0.2, 0.25) is 0 Å². The van der Waals surface area contributed by atoms with Gasteiger partial charge in [0.2, 0.25) is 0 Å². The summed E-state index contributed by atoms with van der Waals surface area (Å²) in [6, 6.07) is 6.22. The number of nitrogens with zero attached hydrogens (tertiary/aromatic N) is 3. The van der Waals surface area contributed by atoms with Gasteiger partial charge >= 0.3 is 0 Å². The molecule has 0 fully saturated rings. The molecule has 2 heterocycles. The lowest BCUT2D eigenvalue weighted by Crippen LogP contribution is -2.17. The lowest BCUT2D eigenvalue weighted by atomic mass is 10.0. The number of benzene rings is 1. The zero-order chi connectivity index (χ0) is 18.1. The number of hydrogen-bond donors (Lipinski definition) is 1. The summed E-state index contributed by atoms with van der Waals surface area (Å²) < 4.78 is 41.4. The number of aryl methyl sites for hydroxylation is 1. The van der Waals surface area contributed by atoms with Crippen LogP contribution in [0.15, 0.2) is 41.5 Å². The van der Waals surface area contributed by atoms with Gasteiger partial charge in [-0.25, -0.2) is 23.1 Å². The molecule has 0 bridgehead atoms. The van der Waals surface area contributed by atoms with Crippen LogP contribution in [-0.2, 0) is 7.05 Å². The highest BCUT2D eigenvalue weighted by atomic mass is 19.3. The molecule has 130 valence electrons. The van der Waals surface area contributed by atoms with Gasteiger partial charge in [-0.15, -0.1) is 0 Å². The highest BCUT2D eigenvalue weighted by molar-refractivity contribution is 5.86. The Hall–Kier alpha value is -2.90. The molecule has 0 aliphatic heterocycles. The number of halogens is 3. The molecule has 0 spiro atoms. The van der Waals surface area contributed by atoms with Gasteiger partial charge < -0.3 is 5.32 Å². The number of fused-ring (bicyclic) bond motifs is 1. The quantitative estimate of drug-likeness (QED) is 0.783. The zero-order valence-electron chi connectivity index (χ0n) is 13.5. The van der Waals surface area contributed by atoms with E-state index in [2.05, 4.69) is 15.3 Å². The minimum absolute atomic E-state index is 0.106. The Morgan fingerprint density at radius 2 is 1.84 bits per heavy atom. The summed E-state index contributed by atoms with van der Waals surface area (Å²) in [4.78, 5) is 19.9. The third kappa shape index (κ3) is 3.07. The van der Waals surface area contributed by atoms with E-state index in [1.54, 1.807) is 20.0 Å². The molecule has 3 rings (SSSR count). The van der Waals surface area contributed by atoms with Crippen molar-refractivity contribution in [2.75, 3.05) is 5.32 Å². The standard InChI is InChI=1S/C17H15F3N4O/c1-9(10-4-3-5-11(14(10)18)15(19)20)23-16-12-6-7-13(25)24(2)17(12)22-8-21-16/h3-9,15H,1-2H3,(H,21,22,23)/t9-/m1/s1. The maximum absolute atomic E-state index is 14.3. The highest BCUT2D eigenvalue weighted by Gasteiger charge is 2.20. The maximum atomic E-state index is 14.3. The lowest BCUT2D eigenvalue weighted by Gasteiger charge is -2.18. The molecule has 0 aliphatic carbocycles. The molecular weight excluding hydrogens is 333 g/mol. The Morgan fingerprint density at radius 1 is 1.12 bits per heavy atom. The van der Waals surface area contributed by atoms with Crippen LogP contribution in [0.25, 0.3) is 11.0 Å². The van der Waals surface area contributed by atoms with E-state index in [0.717, 1.165) is 6.07 Å².